The van der Waals surface area contributed by atoms with Crippen LogP contribution in [0.3, 0.4) is 0 Å². The van der Waals surface area contributed by atoms with Crippen LogP contribution in [0.2, 0.25) is 0 Å². The van der Waals surface area contributed by atoms with Crippen molar-refractivity contribution in [3.8, 4) is 0 Å². The predicted molar refractivity (Wildman–Crippen MR) is 28.0 cm³/mol. The molecule has 0 saturated carbocycles. The lowest BCUT2D eigenvalue weighted by molar-refractivity contribution is 0.780. The summed E-state index contributed by atoms with van der Waals surface area (Å²) in [6, 6.07) is 0. The first kappa shape index (κ1) is 5.24. The molecule has 0 atom stereocenters. The Morgan fingerprint density at radius 2 is 2.75 bits per heavy atom. The van der Waals surface area contributed by atoms with E-state index in [1.165, 1.54) is 0 Å². The summed E-state index contributed by atoms with van der Waals surface area (Å²) < 4.78 is 0. The van der Waals surface area contributed by atoms with E-state index in [0.29, 0.717) is 0 Å². The van der Waals surface area contributed by atoms with E-state index < -0.39 is 0 Å². The number of H-pyrrole nitrogens is 1. The highest BCUT2D eigenvalue weighted by Gasteiger charge is 1.88. The van der Waals surface area contributed by atoms with Gasteiger partial charge in [-0.2, -0.15) is 0 Å². The van der Waals surface area contributed by atoms with E-state index in [2.05, 4.69) is 26.9 Å². The topological polar surface area (TPSA) is 53.6 Å². The van der Waals surface area contributed by atoms with Crippen LogP contribution in [0.15, 0.2) is 0 Å². The number of hydrogen-bond donors (Lipinski definition) is 2. The Bertz CT molecular complexity index is 134. The van der Waals surface area contributed by atoms with Crippen LogP contribution in [0.5, 0.6) is 0 Å². The van der Waals surface area contributed by atoms with Gasteiger partial charge in [-0.05, 0) is 7.05 Å². The van der Waals surface area contributed by atoms with Gasteiger partial charge in [0.2, 0.25) is 0 Å². The highest BCUT2D eigenvalue weighted by molar-refractivity contribution is 4.85. The molecule has 1 aromatic rings. The Labute approximate surface area is 47.3 Å². The number of nitrogens with zero attached hydrogens (tertiary/aromatic N) is 2. The van der Waals surface area contributed by atoms with Gasteiger partial charge in [-0.15, -0.1) is 5.10 Å². The third-order valence-corrected chi connectivity index (χ3v) is 0.773. The smallest absolute Gasteiger partial charge is 0.139 e. The fraction of sp³-hybridized carbons (Fsp3) is 0.500. The normalized spacial score (nSPS) is 9.62. The lowest BCUT2D eigenvalue weighted by Crippen LogP contribution is -2.05. The molecule has 2 N–H and O–H groups in total. The van der Waals surface area contributed by atoms with Gasteiger partial charge in [0.15, 0.2) is 0 Å². The Balaban J connectivity index is 2.50. The van der Waals surface area contributed by atoms with Crippen molar-refractivity contribution in [1.29, 1.82) is 0 Å². The molecule has 1 radical (unpaired) electrons. The van der Waals surface area contributed by atoms with Gasteiger partial charge in [0.05, 0.1) is 5.69 Å². The van der Waals surface area contributed by atoms with E-state index in [4.69, 9.17) is 0 Å². The second-order valence-corrected chi connectivity index (χ2v) is 1.43. The minimum absolute atomic E-state index is 0.743. The summed E-state index contributed by atoms with van der Waals surface area (Å²) in [5.41, 5.74) is 0.882. The van der Waals surface area contributed by atoms with Crippen molar-refractivity contribution in [2.45, 2.75) is 6.54 Å². The maximum atomic E-state index is 3.47. The zero-order valence-electron chi connectivity index (χ0n) is 4.60. The van der Waals surface area contributed by atoms with Gasteiger partial charge < -0.3 is 5.32 Å². The van der Waals surface area contributed by atoms with Crippen molar-refractivity contribution in [1.82, 2.24) is 20.7 Å². The second kappa shape index (κ2) is 2.42. The zero-order valence-corrected chi connectivity index (χ0v) is 4.60. The van der Waals surface area contributed by atoms with Gasteiger partial charge in [0, 0.05) is 6.54 Å². The molecule has 0 aliphatic carbocycles. The predicted octanol–water partition coefficient (Wildman–Crippen LogP) is -0.676. The van der Waals surface area contributed by atoms with Crippen molar-refractivity contribution in [3.05, 3.63) is 11.9 Å². The molecular weight excluding hydrogens is 104 g/mol. The molecule has 4 nitrogen and oxygen atoms in total. The number of nitrogens with one attached hydrogen (secondary N) is 2. The van der Waals surface area contributed by atoms with E-state index in [1.807, 2.05) is 7.05 Å². The van der Waals surface area contributed by atoms with E-state index >= 15 is 0 Å². The highest BCUT2D eigenvalue weighted by atomic mass is 15.3. The van der Waals surface area contributed by atoms with Crippen LogP contribution in [0.4, 0.5) is 0 Å². The van der Waals surface area contributed by atoms with Gasteiger partial charge in [-0.25, -0.2) is 0 Å². The first-order valence-electron chi connectivity index (χ1n) is 2.35. The van der Waals surface area contributed by atoms with Gasteiger partial charge in [0.1, 0.15) is 6.20 Å². The first-order chi connectivity index (χ1) is 3.93. The molecule has 1 heterocycles. The molecule has 0 aliphatic rings. The summed E-state index contributed by atoms with van der Waals surface area (Å²) in [4.78, 5) is 0. The van der Waals surface area contributed by atoms with Crippen LogP contribution >= 0.6 is 0 Å². The number of aromatic amines is 1. The maximum absolute atomic E-state index is 3.47. The Morgan fingerprint density at radius 1 is 1.88 bits per heavy atom. The van der Waals surface area contributed by atoms with Crippen molar-refractivity contribution < 1.29 is 0 Å². The molecule has 0 bridgehead atoms. The average molecular weight is 111 g/mol. The largest absolute Gasteiger partial charge is 0.314 e. The molecule has 8 heavy (non-hydrogen) atoms. The summed E-state index contributed by atoms with van der Waals surface area (Å²) in [6.45, 7) is 0.743. The summed E-state index contributed by atoms with van der Waals surface area (Å²) in [5.74, 6) is 0. The molecule has 0 aromatic carbocycles. The van der Waals surface area contributed by atoms with Crippen LogP contribution in [0.1, 0.15) is 5.69 Å². The number of rotatable bonds is 2. The molecule has 0 amide bonds. The molecule has 0 fully saturated rings. The van der Waals surface area contributed by atoms with E-state index in [1.54, 1.807) is 0 Å². The van der Waals surface area contributed by atoms with Gasteiger partial charge in [0.25, 0.3) is 0 Å². The lowest BCUT2D eigenvalue weighted by atomic mass is 10.5. The molecule has 1 rings (SSSR count). The molecular formula is C4H7N4. The molecule has 1 aromatic heterocycles. The number of hydrogen-bond acceptors (Lipinski definition) is 3. The molecule has 0 unspecified atom stereocenters. The van der Waals surface area contributed by atoms with Gasteiger partial charge >= 0.3 is 0 Å². The van der Waals surface area contributed by atoms with Crippen LogP contribution in [0.25, 0.3) is 0 Å². The Kier molecular flexibility index (Phi) is 1.58. The van der Waals surface area contributed by atoms with Crippen molar-refractivity contribution in [3.63, 3.8) is 0 Å². The third-order valence-electron chi connectivity index (χ3n) is 0.773. The molecule has 0 spiro atoms. The quantitative estimate of drug-likeness (QED) is 0.532. The summed E-state index contributed by atoms with van der Waals surface area (Å²) in [7, 11) is 1.86. The Morgan fingerprint density at radius 3 is 3.25 bits per heavy atom. The Hall–Kier alpha value is -0.900. The zero-order chi connectivity index (χ0) is 5.82. The van der Waals surface area contributed by atoms with Crippen LogP contribution in [-0.2, 0) is 6.54 Å². The van der Waals surface area contributed by atoms with Crippen LogP contribution in [0, 0.1) is 6.20 Å². The second-order valence-electron chi connectivity index (χ2n) is 1.43. The molecule has 4 heteroatoms. The van der Waals surface area contributed by atoms with Crippen molar-refractivity contribution in [2.24, 2.45) is 0 Å². The monoisotopic (exact) mass is 111 g/mol. The fourth-order valence-electron chi connectivity index (χ4n) is 0.452. The molecule has 43 valence electrons. The summed E-state index contributed by atoms with van der Waals surface area (Å²) >= 11 is 0. The van der Waals surface area contributed by atoms with E-state index in [9.17, 15) is 0 Å². The average Bonchev–Trinajstić information content (AvgIpc) is 2.19. The number of aromatic nitrogens is 3. The lowest BCUT2D eigenvalue weighted by Gasteiger charge is -1.87. The van der Waals surface area contributed by atoms with Gasteiger partial charge in [-0.1, -0.05) is 5.21 Å². The minimum atomic E-state index is 0.743. The van der Waals surface area contributed by atoms with Crippen molar-refractivity contribution in [2.75, 3.05) is 7.05 Å². The third kappa shape index (κ3) is 1.04. The van der Waals surface area contributed by atoms with Crippen molar-refractivity contribution >= 4 is 0 Å². The fourth-order valence-corrected chi connectivity index (χ4v) is 0.452. The molecule has 0 aliphatic heterocycles. The van der Waals surface area contributed by atoms with Crippen LogP contribution < -0.4 is 5.32 Å². The highest BCUT2D eigenvalue weighted by Crippen LogP contribution is 1.82. The standard InChI is InChI=1S/C4H7N4/c1-5-2-4-3-6-8-7-4/h5H,2H2,1H3,(H,6,7,8). The summed E-state index contributed by atoms with van der Waals surface area (Å²) in [6.07, 6.45) is 2.66. The maximum Gasteiger partial charge on any atom is 0.139 e. The van der Waals surface area contributed by atoms with E-state index in [-0.39, 0.29) is 0 Å². The summed E-state index contributed by atoms with van der Waals surface area (Å²) in [5, 5.41) is 12.5. The molecule has 0 saturated heterocycles. The SMILES string of the molecule is CNCc1[c]nn[nH]1. The van der Waals surface area contributed by atoms with Crippen LogP contribution in [-0.4, -0.2) is 22.5 Å². The first-order valence-corrected chi connectivity index (χ1v) is 2.35. The minimum Gasteiger partial charge on any atom is -0.314 e. The van der Waals surface area contributed by atoms with Gasteiger partial charge in [-0.3, -0.25) is 5.10 Å². The van der Waals surface area contributed by atoms with E-state index in [0.717, 1.165) is 12.2 Å².